The van der Waals surface area contributed by atoms with Gasteiger partial charge < -0.3 is 5.73 Å². The van der Waals surface area contributed by atoms with E-state index < -0.39 is 5.67 Å². The van der Waals surface area contributed by atoms with Gasteiger partial charge in [0.05, 0.1) is 0 Å². The molecule has 0 aliphatic carbocycles. The van der Waals surface area contributed by atoms with Crippen molar-refractivity contribution in [3.8, 4) is 0 Å². The van der Waals surface area contributed by atoms with Crippen LogP contribution in [0.5, 0.6) is 0 Å². The maximum absolute atomic E-state index is 14.2. The highest BCUT2D eigenvalue weighted by atomic mass is 35.5. The minimum absolute atomic E-state index is 0.0477. The van der Waals surface area contributed by atoms with Crippen LogP contribution in [0.2, 0.25) is 5.02 Å². The van der Waals surface area contributed by atoms with Crippen LogP contribution in [-0.2, 0) is 6.42 Å². The van der Waals surface area contributed by atoms with E-state index in [1.165, 1.54) is 0 Å². The third-order valence-electron chi connectivity index (χ3n) is 2.53. The summed E-state index contributed by atoms with van der Waals surface area (Å²) in [6.45, 7) is 2.00. The third-order valence-corrected chi connectivity index (χ3v) is 2.90. The van der Waals surface area contributed by atoms with Gasteiger partial charge in [-0.1, -0.05) is 43.1 Å². The molecule has 1 aromatic carbocycles. The molecule has 84 valence electrons. The Bertz CT molecular complexity index is 316. The number of nitrogens with two attached hydrogens (primary N) is 1. The second kappa shape index (κ2) is 5.47. The Morgan fingerprint density at radius 1 is 1.40 bits per heavy atom. The fraction of sp³-hybridized carbons (Fsp3) is 0.500. The fourth-order valence-electron chi connectivity index (χ4n) is 1.69. The monoisotopic (exact) mass is 229 g/mol. The predicted molar refractivity (Wildman–Crippen MR) is 63.0 cm³/mol. The van der Waals surface area contributed by atoms with Gasteiger partial charge in [-0.05, 0) is 18.1 Å². The Kier molecular flexibility index (Phi) is 4.55. The molecule has 0 radical (unpaired) electrons. The van der Waals surface area contributed by atoms with Crippen molar-refractivity contribution < 1.29 is 4.39 Å². The van der Waals surface area contributed by atoms with Crippen molar-refractivity contribution >= 4 is 11.6 Å². The molecule has 0 saturated carbocycles. The molecule has 0 aromatic heterocycles. The Hall–Kier alpha value is -0.600. The van der Waals surface area contributed by atoms with E-state index in [1.807, 2.05) is 25.1 Å². The number of hydrogen-bond donors (Lipinski definition) is 1. The predicted octanol–water partition coefficient (Wildman–Crippen LogP) is 3.35. The molecule has 1 unspecified atom stereocenters. The Morgan fingerprint density at radius 3 is 2.60 bits per heavy atom. The van der Waals surface area contributed by atoms with E-state index in [2.05, 4.69) is 0 Å². The third kappa shape index (κ3) is 3.47. The summed E-state index contributed by atoms with van der Waals surface area (Å²) in [6, 6.07) is 7.33. The standard InChI is InChI=1S/C12H17ClFN/c1-2-7-12(14,9-15)8-10-5-3-4-6-11(10)13/h3-6H,2,7-9,15H2,1H3. The van der Waals surface area contributed by atoms with Crippen LogP contribution in [0.25, 0.3) is 0 Å². The van der Waals surface area contributed by atoms with Crippen molar-refractivity contribution in [2.24, 2.45) is 5.73 Å². The van der Waals surface area contributed by atoms with Crippen LogP contribution in [0.4, 0.5) is 4.39 Å². The lowest BCUT2D eigenvalue weighted by Gasteiger charge is -2.23. The van der Waals surface area contributed by atoms with Gasteiger partial charge in [-0.15, -0.1) is 0 Å². The average molecular weight is 230 g/mol. The van der Waals surface area contributed by atoms with E-state index in [-0.39, 0.29) is 6.54 Å². The molecular weight excluding hydrogens is 213 g/mol. The molecule has 0 spiro atoms. The van der Waals surface area contributed by atoms with Crippen molar-refractivity contribution in [3.05, 3.63) is 34.9 Å². The quantitative estimate of drug-likeness (QED) is 0.824. The van der Waals surface area contributed by atoms with Crippen LogP contribution >= 0.6 is 11.6 Å². The first-order chi connectivity index (χ1) is 7.11. The first kappa shape index (κ1) is 12.5. The molecule has 1 rings (SSSR count). The van der Waals surface area contributed by atoms with Gasteiger partial charge in [-0.25, -0.2) is 4.39 Å². The molecule has 0 aliphatic rings. The molecule has 0 saturated heterocycles. The molecule has 0 amide bonds. The summed E-state index contributed by atoms with van der Waals surface area (Å²) in [6.07, 6.45) is 1.57. The van der Waals surface area contributed by atoms with Crippen molar-refractivity contribution in [3.63, 3.8) is 0 Å². The minimum Gasteiger partial charge on any atom is -0.328 e. The number of benzene rings is 1. The van der Waals surface area contributed by atoms with E-state index in [1.54, 1.807) is 6.07 Å². The average Bonchev–Trinajstić information content (AvgIpc) is 2.22. The van der Waals surface area contributed by atoms with E-state index >= 15 is 0 Å². The van der Waals surface area contributed by atoms with Gasteiger partial charge in [-0.3, -0.25) is 0 Å². The maximum atomic E-state index is 14.2. The van der Waals surface area contributed by atoms with Crippen LogP contribution < -0.4 is 5.73 Å². The smallest absolute Gasteiger partial charge is 0.127 e. The molecule has 1 aromatic rings. The van der Waals surface area contributed by atoms with Gasteiger partial charge in [0.2, 0.25) is 0 Å². The molecule has 2 N–H and O–H groups in total. The highest BCUT2D eigenvalue weighted by molar-refractivity contribution is 6.31. The summed E-state index contributed by atoms with van der Waals surface area (Å²) in [5.74, 6) is 0. The lowest BCUT2D eigenvalue weighted by atomic mass is 9.92. The SMILES string of the molecule is CCCC(F)(CN)Cc1ccccc1Cl. The van der Waals surface area contributed by atoms with Crippen LogP contribution in [0.1, 0.15) is 25.3 Å². The topological polar surface area (TPSA) is 26.0 Å². The zero-order valence-electron chi connectivity index (χ0n) is 8.97. The molecule has 1 nitrogen and oxygen atoms in total. The zero-order valence-corrected chi connectivity index (χ0v) is 9.73. The van der Waals surface area contributed by atoms with Crippen LogP contribution in [-0.4, -0.2) is 12.2 Å². The van der Waals surface area contributed by atoms with Crippen LogP contribution in [0.15, 0.2) is 24.3 Å². The largest absolute Gasteiger partial charge is 0.328 e. The Labute approximate surface area is 95.4 Å². The van der Waals surface area contributed by atoms with Crippen molar-refractivity contribution in [2.75, 3.05) is 6.54 Å². The molecule has 0 aliphatic heterocycles. The first-order valence-corrected chi connectivity index (χ1v) is 5.61. The van der Waals surface area contributed by atoms with Crippen LogP contribution in [0.3, 0.4) is 0 Å². The molecule has 3 heteroatoms. The highest BCUT2D eigenvalue weighted by Crippen LogP contribution is 2.26. The van der Waals surface area contributed by atoms with E-state index in [9.17, 15) is 4.39 Å². The van der Waals surface area contributed by atoms with E-state index in [4.69, 9.17) is 17.3 Å². The zero-order chi connectivity index (χ0) is 11.3. The summed E-state index contributed by atoms with van der Waals surface area (Å²) in [5, 5.41) is 0.615. The van der Waals surface area contributed by atoms with Gasteiger partial charge in [-0.2, -0.15) is 0 Å². The van der Waals surface area contributed by atoms with Crippen molar-refractivity contribution in [2.45, 2.75) is 31.9 Å². The Morgan fingerprint density at radius 2 is 2.07 bits per heavy atom. The summed E-state index contributed by atoms with van der Waals surface area (Å²) in [5.41, 5.74) is 4.99. The summed E-state index contributed by atoms with van der Waals surface area (Å²) in [4.78, 5) is 0. The second-order valence-electron chi connectivity index (χ2n) is 3.87. The maximum Gasteiger partial charge on any atom is 0.127 e. The fourth-order valence-corrected chi connectivity index (χ4v) is 1.90. The van der Waals surface area contributed by atoms with Crippen molar-refractivity contribution in [1.29, 1.82) is 0 Å². The molecule has 0 bridgehead atoms. The molecule has 1 atom stereocenters. The summed E-state index contributed by atoms with van der Waals surface area (Å²) < 4.78 is 14.2. The van der Waals surface area contributed by atoms with Gasteiger partial charge in [0, 0.05) is 18.0 Å². The number of alkyl halides is 1. The highest BCUT2D eigenvalue weighted by Gasteiger charge is 2.27. The van der Waals surface area contributed by atoms with Crippen LogP contribution in [0, 0.1) is 0 Å². The molecule has 0 fully saturated rings. The van der Waals surface area contributed by atoms with Gasteiger partial charge in [0.25, 0.3) is 0 Å². The molecular formula is C12H17ClFN. The first-order valence-electron chi connectivity index (χ1n) is 5.23. The normalized spacial score (nSPS) is 14.9. The minimum atomic E-state index is -1.32. The van der Waals surface area contributed by atoms with Crippen molar-refractivity contribution in [1.82, 2.24) is 0 Å². The lowest BCUT2D eigenvalue weighted by Crippen LogP contribution is -2.35. The van der Waals surface area contributed by atoms with Gasteiger partial charge in [0.1, 0.15) is 5.67 Å². The van der Waals surface area contributed by atoms with Gasteiger partial charge >= 0.3 is 0 Å². The summed E-state index contributed by atoms with van der Waals surface area (Å²) >= 11 is 5.98. The summed E-state index contributed by atoms with van der Waals surface area (Å²) in [7, 11) is 0. The lowest BCUT2D eigenvalue weighted by molar-refractivity contribution is 0.158. The number of rotatable bonds is 5. The number of hydrogen-bond acceptors (Lipinski definition) is 1. The second-order valence-corrected chi connectivity index (χ2v) is 4.28. The number of halogens is 2. The molecule has 15 heavy (non-hydrogen) atoms. The molecule has 0 heterocycles. The van der Waals surface area contributed by atoms with E-state index in [0.29, 0.717) is 17.9 Å². The van der Waals surface area contributed by atoms with E-state index in [0.717, 1.165) is 12.0 Å². The van der Waals surface area contributed by atoms with Gasteiger partial charge in [0.15, 0.2) is 0 Å². The Balaban J connectivity index is 2.79.